The van der Waals surface area contributed by atoms with Crippen molar-refractivity contribution in [2.24, 2.45) is 0 Å². The zero-order chi connectivity index (χ0) is 13.4. The first kappa shape index (κ1) is 14.9. The van der Waals surface area contributed by atoms with Crippen molar-refractivity contribution in [1.82, 2.24) is 5.32 Å². The Kier molecular flexibility index (Phi) is 6.11. The summed E-state index contributed by atoms with van der Waals surface area (Å²) >= 11 is 0. The SMILES string of the molecule is CCS(=O)(=O)Oc1ccc(CNCCOC)cc1. The second-order valence-corrected chi connectivity index (χ2v) is 5.60. The molecule has 0 atom stereocenters. The average Bonchev–Trinajstić information content (AvgIpc) is 2.36. The minimum absolute atomic E-state index is 0.0344. The maximum absolute atomic E-state index is 11.2. The molecule has 1 rings (SSSR count). The van der Waals surface area contributed by atoms with Crippen LogP contribution in [0.4, 0.5) is 0 Å². The van der Waals surface area contributed by atoms with Crippen LogP contribution in [0.5, 0.6) is 5.75 Å². The van der Waals surface area contributed by atoms with Gasteiger partial charge in [-0.05, 0) is 24.6 Å². The summed E-state index contributed by atoms with van der Waals surface area (Å²) in [4.78, 5) is 0. The molecule has 0 unspecified atom stereocenters. The first-order chi connectivity index (χ1) is 8.57. The molecule has 0 saturated carbocycles. The van der Waals surface area contributed by atoms with Crippen molar-refractivity contribution in [3.63, 3.8) is 0 Å². The molecule has 1 aromatic carbocycles. The number of methoxy groups -OCH3 is 1. The van der Waals surface area contributed by atoms with E-state index in [0.29, 0.717) is 18.9 Å². The molecular weight excluding hydrogens is 254 g/mol. The molecule has 18 heavy (non-hydrogen) atoms. The zero-order valence-electron chi connectivity index (χ0n) is 10.7. The summed E-state index contributed by atoms with van der Waals surface area (Å²) < 4.78 is 32.3. The Bertz CT molecular complexity index is 442. The highest BCUT2D eigenvalue weighted by atomic mass is 32.2. The molecule has 0 heterocycles. The fourth-order valence-electron chi connectivity index (χ4n) is 1.28. The topological polar surface area (TPSA) is 64.6 Å². The van der Waals surface area contributed by atoms with Crippen LogP contribution in [0.3, 0.4) is 0 Å². The summed E-state index contributed by atoms with van der Waals surface area (Å²) in [6.07, 6.45) is 0. The van der Waals surface area contributed by atoms with Gasteiger partial charge in [0.2, 0.25) is 0 Å². The highest BCUT2D eigenvalue weighted by molar-refractivity contribution is 7.87. The van der Waals surface area contributed by atoms with E-state index in [1.807, 2.05) is 12.1 Å². The van der Waals surface area contributed by atoms with Crippen LogP contribution in [-0.4, -0.2) is 34.4 Å². The van der Waals surface area contributed by atoms with Crippen LogP contribution >= 0.6 is 0 Å². The third-order valence-electron chi connectivity index (χ3n) is 2.31. The summed E-state index contributed by atoms with van der Waals surface area (Å²) in [6.45, 7) is 3.70. The van der Waals surface area contributed by atoms with E-state index in [1.54, 1.807) is 26.2 Å². The second-order valence-electron chi connectivity index (χ2n) is 3.74. The molecule has 0 aromatic heterocycles. The highest BCUT2D eigenvalue weighted by Gasteiger charge is 2.08. The quantitative estimate of drug-likeness (QED) is 0.568. The number of hydrogen-bond acceptors (Lipinski definition) is 5. The summed E-state index contributed by atoms with van der Waals surface area (Å²) in [6, 6.07) is 6.97. The second kappa shape index (κ2) is 7.35. The Hall–Kier alpha value is -1.11. The van der Waals surface area contributed by atoms with Gasteiger partial charge in [0.15, 0.2) is 0 Å². The largest absolute Gasteiger partial charge is 0.383 e. The van der Waals surface area contributed by atoms with E-state index >= 15 is 0 Å². The van der Waals surface area contributed by atoms with Gasteiger partial charge >= 0.3 is 10.1 Å². The van der Waals surface area contributed by atoms with Gasteiger partial charge in [-0.1, -0.05) is 12.1 Å². The Balaban J connectivity index is 2.47. The average molecular weight is 273 g/mol. The van der Waals surface area contributed by atoms with Crippen molar-refractivity contribution in [3.8, 4) is 5.75 Å². The molecule has 0 saturated heterocycles. The van der Waals surface area contributed by atoms with E-state index in [4.69, 9.17) is 8.92 Å². The van der Waals surface area contributed by atoms with Gasteiger partial charge in [0.25, 0.3) is 0 Å². The van der Waals surface area contributed by atoms with Gasteiger partial charge < -0.3 is 14.2 Å². The maximum atomic E-state index is 11.2. The molecule has 1 N–H and O–H groups in total. The minimum Gasteiger partial charge on any atom is -0.383 e. The molecule has 5 nitrogen and oxygen atoms in total. The monoisotopic (exact) mass is 273 g/mol. The number of rotatable bonds is 8. The van der Waals surface area contributed by atoms with E-state index in [-0.39, 0.29) is 5.75 Å². The lowest BCUT2D eigenvalue weighted by Crippen LogP contribution is -2.18. The number of hydrogen-bond donors (Lipinski definition) is 1. The Morgan fingerprint density at radius 3 is 2.44 bits per heavy atom. The Morgan fingerprint density at radius 2 is 1.89 bits per heavy atom. The fraction of sp³-hybridized carbons (Fsp3) is 0.500. The minimum atomic E-state index is -3.44. The molecule has 0 radical (unpaired) electrons. The van der Waals surface area contributed by atoms with Crippen LogP contribution in [0, 0.1) is 0 Å². The van der Waals surface area contributed by atoms with Crippen molar-refractivity contribution in [1.29, 1.82) is 0 Å². The van der Waals surface area contributed by atoms with Crippen molar-refractivity contribution in [3.05, 3.63) is 29.8 Å². The normalized spacial score (nSPS) is 11.4. The van der Waals surface area contributed by atoms with Crippen LogP contribution in [0.2, 0.25) is 0 Å². The summed E-state index contributed by atoms with van der Waals surface area (Å²) in [5.41, 5.74) is 1.06. The van der Waals surface area contributed by atoms with Crippen molar-refractivity contribution in [2.45, 2.75) is 13.5 Å². The molecule has 1 aromatic rings. The smallest absolute Gasteiger partial charge is 0.308 e. The summed E-state index contributed by atoms with van der Waals surface area (Å²) in [7, 11) is -1.79. The van der Waals surface area contributed by atoms with Crippen LogP contribution < -0.4 is 9.50 Å². The lowest BCUT2D eigenvalue weighted by molar-refractivity contribution is 0.199. The van der Waals surface area contributed by atoms with Gasteiger partial charge in [-0.3, -0.25) is 0 Å². The van der Waals surface area contributed by atoms with Gasteiger partial charge in [0.1, 0.15) is 5.75 Å². The number of benzene rings is 1. The van der Waals surface area contributed by atoms with Crippen molar-refractivity contribution >= 4 is 10.1 Å². The van der Waals surface area contributed by atoms with Gasteiger partial charge in [-0.2, -0.15) is 8.42 Å². The molecule has 0 aliphatic heterocycles. The molecule has 0 spiro atoms. The van der Waals surface area contributed by atoms with Crippen LogP contribution in [0.1, 0.15) is 12.5 Å². The summed E-state index contributed by atoms with van der Waals surface area (Å²) in [5, 5.41) is 3.20. The van der Waals surface area contributed by atoms with Crippen molar-refractivity contribution < 1.29 is 17.3 Å². The molecule has 0 fully saturated rings. The van der Waals surface area contributed by atoms with Crippen LogP contribution in [-0.2, 0) is 21.4 Å². The number of ether oxygens (including phenoxy) is 1. The van der Waals surface area contributed by atoms with E-state index in [9.17, 15) is 8.42 Å². The third-order valence-corrected chi connectivity index (χ3v) is 3.47. The van der Waals surface area contributed by atoms with E-state index in [1.165, 1.54) is 0 Å². The zero-order valence-corrected chi connectivity index (χ0v) is 11.5. The lowest BCUT2D eigenvalue weighted by atomic mass is 10.2. The van der Waals surface area contributed by atoms with Gasteiger partial charge in [0.05, 0.1) is 12.4 Å². The van der Waals surface area contributed by atoms with Gasteiger partial charge in [-0.15, -0.1) is 0 Å². The standard InChI is InChI=1S/C12H19NO4S/c1-3-18(14,15)17-12-6-4-11(5-7-12)10-13-8-9-16-2/h4-7,13H,3,8-10H2,1-2H3. The molecule has 0 amide bonds. The summed E-state index contributed by atoms with van der Waals surface area (Å²) in [5.74, 6) is 0.310. The molecule has 0 aliphatic rings. The predicted molar refractivity (Wildman–Crippen MR) is 70.1 cm³/mol. The fourth-order valence-corrected chi connectivity index (χ4v) is 1.80. The molecule has 0 aliphatic carbocycles. The molecule has 0 bridgehead atoms. The molecule has 102 valence electrons. The number of nitrogens with one attached hydrogen (secondary N) is 1. The molecular formula is C12H19NO4S. The van der Waals surface area contributed by atoms with Gasteiger partial charge in [-0.25, -0.2) is 0 Å². The van der Waals surface area contributed by atoms with Gasteiger partial charge in [0, 0.05) is 20.2 Å². The first-order valence-electron chi connectivity index (χ1n) is 5.78. The maximum Gasteiger partial charge on any atom is 0.308 e. The Labute approximate surface area is 108 Å². The predicted octanol–water partition coefficient (Wildman–Crippen LogP) is 1.15. The Morgan fingerprint density at radius 1 is 1.22 bits per heavy atom. The van der Waals surface area contributed by atoms with Crippen LogP contribution in [0.15, 0.2) is 24.3 Å². The first-order valence-corrected chi connectivity index (χ1v) is 7.36. The van der Waals surface area contributed by atoms with E-state index in [0.717, 1.165) is 12.1 Å². The van der Waals surface area contributed by atoms with Crippen molar-refractivity contribution in [2.75, 3.05) is 26.0 Å². The molecule has 6 heteroatoms. The van der Waals surface area contributed by atoms with E-state index in [2.05, 4.69) is 5.32 Å². The van der Waals surface area contributed by atoms with Crippen LogP contribution in [0.25, 0.3) is 0 Å². The highest BCUT2D eigenvalue weighted by Crippen LogP contribution is 2.14. The van der Waals surface area contributed by atoms with E-state index < -0.39 is 10.1 Å². The third kappa shape index (κ3) is 5.48. The lowest BCUT2D eigenvalue weighted by Gasteiger charge is -2.07.